The van der Waals surface area contributed by atoms with E-state index >= 15 is 0 Å². The number of hydrogen-bond donors (Lipinski definition) is 0. The van der Waals surface area contributed by atoms with Gasteiger partial charge in [0.2, 0.25) is 0 Å². The first-order valence-corrected chi connectivity index (χ1v) is 10.1. The van der Waals surface area contributed by atoms with Crippen molar-refractivity contribution in [2.75, 3.05) is 0 Å². The molecule has 23 heavy (non-hydrogen) atoms. The van der Waals surface area contributed by atoms with Crippen molar-refractivity contribution in [3.05, 3.63) is 91.0 Å². The van der Waals surface area contributed by atoms with Gasteiger partial charge < -0.3 is 0 Å². The van der Waals surface area contributed by atoms with E-state index in [1.165, 1.54) is 15.6 Å². The van der Waals surface area contributed by atoms with Crippen LogP contribution in [0.1, 0.15) is 20.8 Å². The van der Waals surface area contributed by atoms with Crippen molar-refractivity contribution in [1.82, 2.24) is 0 Å². The third-order valence-electron chi connectivity index (χ3n) is 4.68. The minimum atomic E-state index is -2.16. The molecule has 0 unspecified atom stereocenters. The summed E-state index contributed by atoms with van der Waals surface area (Å²) in [5, 5.41) is 4.48. The van der Waals surface area contributed by atoms with Gasteiger partial charge in [0.05, 0.1) is 0 Å². The fourth-order valence-corrected chi connectivity index (χ4v) is 9.43. The highest BCUT2D eigenvalue weighted by atomic mass is 28.3. The standard InChI is InChI=1S/C22H23Si/c1-22(2,3)23(19-13-7-4-8-14-19,20-15-9-5-10-16-20)21-17-11-6-12-18-21/h4-11,13-18H,1-3H3. The van der Waals surface area contributed by atoms with Crippen LogP contribution < -0.4 is 15.6 Å². The molecule has 0 saturated heterocycles. The van der Waals surface area contributed by atoms with Gasteiger partial charge >= 0.3 is 0 Å². The fourth-order valence-electron chi connectivity index (χ4n) is 3.80. The second-order valence-electron chi connectivity index (χ2n) is 7.02. The van der Waals surface area contributed by atoms with Gasteiger partial charge in [-0.1, -0.05) is 106 Å². The normalized spacial score (nSPS) is 12.1. The van der Waals surface area contributed by atoms with Crippen LogP contribution in [0.15, 0.2) is 84.9 Å². The number of benzene rings is 3. The van der Waals surface area contributed by atoms with Crippen LogP contribution in [0.2, 0.25) is 5.04 Å². The van der Waals surface area contributed by atoms with Crippen LogP contribution in [-0.4, -0.2) is 8.07 Å². The van der Waals surface area contributed by atoms with Crippen molar-refractivity contribution in [2.45, 2.75) is 25.8 Å². The summed E-state index contributed by atoms with van der Waals surface area (Å²) in [6.07, 6.45) is 0. The van der Waals surface area contributed by atoms with Crippen molar-refractivity contribution in [3.63, 3.8) is 0 Å². The molecule has 0 nitrogen and oxygen atoms in total. The van der Waals surface area contributed by atoms with Gasteiger partial charge in [-0.2, -0.15) is 0 Å². The lowest BCUT2D eigenvalue weighted by Crippen LogP contribution is -2.72. The van der Waals surface area contributed by atoms with Gasteiger partial charge in [-0.05, 0) is 26.7 Å². The third kappa shape index (κ3) is 2.66. The van der Waals surface area contributed by atoms with Gasteiger partial charge in [-0.3, -0.25) is 0 Å². The molecule has 0 amide bonds. The summed E-state index contributed by atoms with van der Waals surface area (Å²) < 4.78 is 0. The molecule has 0 heterocycles. The van der Waals surface area contributed by atoms with E-state index in [0.717, 1.165) is 0 Å². The maximum absolute atomic E-state index is 3.31. The van der Waals surface area contributed by atoms with E-state index in [1.807, 2.05) is 6.07 Å². The Morgan fingerprint density at radius 2 is 1.13 bits per heavy atom. The van der Waals surface area contributed by atoms with Crippen molar-refractivity contribution in [3.8, 4) is 0 Å². The molecule has 0 bridgehead atoms. The SMILES string of the molecule is CC(C)(C)[Si](c1c[c]ccc1)(c1ccccc1)c1ccccc1. The lowest BCUT2D eigenvalue weighted by atomic mass is 10.2. The average molecular weight is 316 g/mol. The predicted octanol–water partition coefficient (Wildman–Crippen LogP) is 3.76. The average Bonchev–Trinajstić information content (AvgIpc) is 2.57. The molecule has 3 aromatic rings. The van der Waals surface area contributed by atoms with E-state index in [1.54, 1.807) is 0 Å². The summed E-state index contributed by atoms with van der Waals surface area (Å²) in [4.78, 5) is 0. The molecule has 0 spiro atoms. The highest BCUT2D eigenvalue weighted by molar-refractivity contribution is 7.13. The summed E-state index contributed by atoms with van der Waals surface area (Å²) in [5.74, 6) is 0. The molecule has 0 atom stereocenters. The Labute approximate surface area is 140 Å². The second-order valence-corrected chi connectivity index (χ2v) is 11.8. The Morgan fingerprint density at radius 3 is 1.52 bits per heavy atom. The highest BCUT2D eigenvalue weighted by Crippen LogP contribution is 2.35. The Kier molecular flexibility index (Phi) is 4.23. The van der Waals surface area contributed by atoms with Crippen LogP contribution >= 0.6 is 0 Å². The first-order chi connectivity index (χ1) is 11.1. The molecule has 0 saturated carbocycles. The molecule has 0 aliphatic carbocycles. The predicted molar refractivity (Wildman–Crippen MR) is 103 cm³/mol. The van der Waals surface area contributed by atoms with Gasteiger partial charge in [0.25, 0.3) is 0 Å². The summed E-state index contributed by atoms with van der Waals surface area (Å²) in [6.45, 7) is 7.14. The first kappa shape index (κ1) is 15.8. The molecule has 3 rings (SSSR count). The second kappa shape index (κ2) is 6.17. The van der Waals surface area contributed by atoms with E-state index in [0.29, 0.717) is 0 Å². The van der Waals surface area contributed by atoms with Crippen LogP contribution in [0.5, 0.6) is 0 Å². The first-order valence-electron chi connectivity index (χ1n) is 8.14. The third-order valence-corrected chi connectivity index (χ3v) is 10.5. The molecule has 0 aromatic heterocycles. The number of hydrogen-bond acceptors (Lipinski definition) is 0. The van der Waals surface area contributed by atoms with Crippen LogP contribution in [0, 0.1) is 6.07 Å². The molecule has 3 aromatic carbocycles. The van der Waals surface area contributed by atoms with Crippen LogP contribution in [0.25, 0.3) is 0 Å². The minimum absolute atomic E-state index is 0.144. The molecule has 1 radical (unpaired) electrons. The van der Waals surface area contributed by atoms with Gasteiger partial charge in [-0.25, -0.2) is 0 Å². The van der Waals surface area contributed by atoms with Crippen molar-refractivity contribution < 1.29 is 0 Å². The maximum Gasteiger partial charge on any atom is 0.153 e. The highest BCUT2D eigenvalue weighted by Gasteiger charge is 2.48. The Balaban J connectivity index is 2.41. The maximum atomic E-state index is 3.31. The summed E-state index contributed by atoms with van der Waals surface area (Å²) >= 11 is 0. The summed E-state index contributed by atoms with van der Waals surface area (Å²) in [7, 11) is -2.16. The zero-order valence-electron chi connectivity index (χ0n) is 14.1. The van der Waals surface area contributed by atoms with Crippen molar-refractivity contribution in [1.29, 1.82) is 0 Å². The van der Waals surface area contributed by atoms with E-state index in [4.69, 9.17) is 0 Å². The van der Waals surface area contributed by atoms with Gasteiger partial charge in [-0.15, -0.1) is 0 Å². The fraction of sp³-hybridized carbons (Fsp3) is 0.182. The minimum Gasteiger partial charge on any atom is -0.0624 e. The van der Waals surface area contributed by atoms with Crippen molar-refractivity contribution in [2.24, 2.45) is 0 Å². The molecule has 0 fully saturated rings. The van der Waals surface area contributed by atoms with Gasteiger partial charge in [0, 0.05) is 0 Å². The quantitative estimate of drug-likeness (QED) is 0.510. The van der Waals surface area contributed by atoms with Crippen LogP contribution in [0.3, 0.4) is 0 Å². The van der Waals surface area contributed by atoms with Gasteiger partial charge in [0.1, 0.15) is 0 Å². The zero-order valence-corrected chi connectivity index (χ0v) is 15.1. The molecule has 1 heteroatoms. The molecule has 0 N–H and O–H groups in total. The molecular formula is C22H23Si. The lowest BCUT2D eigenvalue weighted by molar-refractivity contribution is 0.739. The largest absolute Gasteiger partial charge is 0.153 e. The number of rotatable bonds is 3. The molecule has 0 aliphatic rings. The Bertz CT molecular complexity index is 644. The van der Waals surface area contributed by atoms with Crippen LogP contribution in [-0.2, 0) is 0 Å². The van der Waals surface area contributed by atoms with E-state index in [9.17, 15) is 0 Å². The zero-order chi connectivity index (χ0) is 16.3. The van der Waals surface area contributed by atoms with Crippen LogP contribution in [0.4, 0.5) is 0 Å². The summed E-state index contributed by atoms with van der Waals surface area (Å²) in [6, 6.07) is 34.0. The van der Waals surface area contributed by atoms with Gasteiger partial charge in [0.15, 0.2) is 8.07 Å². The topological polar surface area (TPSA) is 0 Å². The summed E-state index contributed by atoms with van der Waals surface area (Å²) in [5.41, 5.74) is 0. The van der Waals surface area contributed by atoms with E-state index in [2.05, 4.69) is 106 Å². The van der Waals surface area contributed by atoms with E-state index in [-0.39, 0.29) is 5.04 Å². The lowest BCUT2D eigenvalue weighted by Gasteiger charge is -2.44. The molecular weight excluding hydrogens is 292 g/mol. The monoisotopic (exact) mass is 315 g/mol. The molecule has 0 aliphatic heterocycles. The van der Waals surface area contributed by atoms with Crippen molar-refractivity contribution >= 4 is 23.6 Å². The Hall–Kier alpha value is -2.12. The smallest absolute Gasteiger partial charge is 0.0624 e. The Morgan fingerprint density at radius 1 is 0.652 bits per heavy atom. The molecule has 115 valence electrons. The van der Waals surface area contributed by atoms with E-state index < -0.39 is 8.07 Å².